The second-order valence-electron chi connectivity index (χ2n) is 11.8. The van der Waals surface area contributed by atoms with Gasteiger partial charge in [-0.1, -0.05) is 121 Å². The van der Waals surface area contributed by atoms with Crippen LogP contribution in [0.25, 0.3) is 78.5 Å². The number of furan rings is 1. The van der Waals surface area contributed by atoms with Gasteiger partial charge in [-0.3, -0.25) is 0 Å². The third-order valence-electron chi connectivity index (χ3n) is 9.14. The standard InChI is InChI=1S/C44H29NO/c1-4-15-30(16-5-1)32-19-14-20-33(29-32)43-37-24-10-11-25-38(37)44(46-43)39-28-27-36-35-23-12-13-26-40(35)45(34-21-8-3-9-22-34)42(36)41(39)31-17-6-2-7-18-31/h1-6,8-10,12-17,19-24,26-29H,11,25H2. The van der Waals surface area contributed by atoms with Crippen LogP contribution in [0.15, 0.2) is 150 Å². The van der Waals surface area contributed by atoms with Crippen LogP contribution >= 0.6 is 0 Å². The third-order valence-corrected chi connectivity index (χ3v) is 9.14. The highest BCUT2D eigenvalue weighted by Gasteiger charge is 2.27. The second-order valence-corrected chi connectivity index (χ2v) is 11.8. The summed E-state index contributed by atoms with van der Waals surface area (Å²) in [6, 6.07) is 55.9. The fourth-order valence-corrected chi connectivity index (χ4v) is 7.10. The van der Waals surface area contributed by atoms with Gasteiger partial charge in [0.05, 0.1) is 11.0 Å². The van der Waals surface area contributed by atoms with E-state index in [1.807, 2.05) is 12.1 Å². The Labute approximate surface area is 268 Å². The van der Waals surface area contributed by atoms with Crippen molar-refractivity contribution < 1.29 is 4.42 Å². The average Bonchev–Trinajstić information content (AvgIpc) is 3.69. The number of hydrogen-bond acceptors (Lipinski definition) is 1. The van der Waals surface area contributed by atoms with Gasteiger partial charge in [-0.25, -0.2) is 0 Å². The fraction of sp³-hybridized carbons (Fsp3) is 0.0455. The highest BCUT2D eigenvalue weighted by atomic mass is 16.3. The van der Waals surface area contributed by atoms with Gasteiger partial charge in [0.25, 0.3) is 0 Å². The summed E-state index contributed by atoms with van der Waals surface area (Å²) in [6.07, 6.45) is 6.42. The maximum absolute atomic E-state index is 7.08. The molecule has 0 bridgehead atoms. The van der Waals surface area contributed by atoms with E-state index in [4.69, 9.17) is 4.42 Å². The van der Waals surface area contributed by atoms with Gasteiger partial charge in [0.1, 0.15) is 11.5 Å². The molecule has 0 radical (unpaired) electrons. The summed E-state index contributed by atoms with van der Waals surface area (Å²) >= 11 is 0. The van der Waals surface area contributed by atoms with Crippen LogP contribution in [0.3, 0.4) is 0 Å². The molecule has 0 atom stereocenters. The summed E-state index contributed by atoms with van der Waals surface area (Å²) < 4.78 is 9.47. The molecule has 0 unspecified atom stereocenters. The molecule has 0 saturated carbocycles. The van der Waals surface area contributed by atoms with Crippen molar-refractivity contribution in [1.82, 2.24) is 4.57 Å². The summed E-state index contributed by atoms with van der Waals surface area (Å²) in [7, 11) is 0. The molecule has 2 nitrogen and oxygen atoms in total. The number of benzene rings is 5. The first-order valence-corrected chi connectivity index (χ1v) is 15.8. The van der Waals surface area contributed by atoms with Crippen molar-refractivity contribution >= 4 is 27.9 Å². The van der Waals surface area contributed by atoms with Crippen molar-refractivity contribution in [3.05, 3.63) is 169 Å². The molecular weight excluding hydrogens is 558 g/mol. The Morgan fingerprint density at radius 1 is 0.630 bits per heavy atom. The molecule has 0 amide bonds. The monoisotopic (exact) mass is 587 g/mol. The molecule has 6 aromatic carbocycles. The molecule has 2 heterocycles. The van der Waals surface area contributed by atoms with Gasteiger partial charge in [-0.05, 0) is 66.4 Å². The fourth-order valence-electron chi connectivity index (χ4n) is 7.10. The van der Waals surface area contributed by atoms with E-state index in [1.165, 1.54) is 38.5 Å². The first-order chi connectivity index (χ1) is 22.8. The van der Waals surface area contributed by atoms with Crippen LogP contribution in [0.2, 0.25) is 0 Å². The summed E-state index contributed by atoms with van der Waals surface area (Å²) in [4.78, 5) is 0. The first-order valence-electron chi connectivity index (χ1n) is 15.8. The molecule has 0 saturated heterocycles. The van der Waals surface area contributed by atoms with Crippen molar-refractivity contribution in [3.63, 3.8) is 0 Å². The normalized spacial score (nSPS) is 12.3. The van der Waals surface area contributed by atoms with E-state index in [0.717, 1.165) is 57.8 Å². The van der Waals surface area contributed by atoms with E-state index in [9.17, 15) is 0 Å². The minimum absolute atomic E-state index is 0.914. The van der Waals surface area contributed by atoms with Gasteiger partial charge >= 0.3 is 0 Å². The van der Waals surface area contributed by atoms with Crippen molar-refractivity contribution in [3.8, 4) is 50.6 Å². The van der Waals surface area contributed by atoms with Gasteiger partial charge in [0, 0.05) is 49.8 Å². The van der Waals surface area contributed by atoms with Crippen LogP contribution in [0.5, 0.6) is 0 Å². The lowest BCUT2D eigenvalue weighted by atomic mass is 9.90. The molecule has 216 valence electrons. The van der Waals surface area contributed by atoms with Crippen molar-refractivity contribution in [2.75, 3.05) is 0 Å². The molecule has 0 aliphatic heterocycles. The number of nitrogens with zero attached hydrogens (tertiary/aromatic N) is 1. The minimum atomic E-state index is 0.914. The van der Waals surface area contributed by atoms with Gasteiger partial charge in [0.2, 0.25) is 0 Å². The molecule has 9 rings (SSSR count). The number of hydrogen-bond donors (Lipinski definition) is 0. The molecule has 0 fully saturated rings. The van der Waals surface area contributed by atoms with Crippen LogP contribution in [-0.4, -0.2) is 4.57 Å². The van der Waals surface area contributed by atoms with Crippen molar-refractivity contribution in [1.29, 1.82) is 0 Å². The van der Waals surface area contributed by atoms with Crippen LogP contribution in [0.1, 0.15) is 17.5 Å². The lowest BCUT2D eigenvalue weighted by Gasteiger charge is -2.15. The predicted octanol–water partition coefficient (Wildman–Crippen LogP) is 11.6. The van der Waals surface area contributed by atoms with Gasteiger partial charge < -0.3 is 8.98 Å². The van der Waals surface area contributed by atoms with E-state index in [1.54, 1.807) is 0 Å². The van der Waals surface area contributed by atoms with Crippen molar-refractivity contribution in [2.45, 2.75) is 12.8 Å². The maximum atomic E-state index is 7.08. The Balaban J connectivity index is 1.35. The smallest absolute Gasteiger partial charge is 0.142 e. The summed E-state index contributed by atoms with van der Waals surface area (Å²) in [5.74, 6) is 1.84. The number of fused-ring (bicyclic) bond motifs is 4. The Bertz CT molecular complexity index is 2390. The van der Waals surface area contributed by atoms with Crippen LogP contribution < -0.4 is 0 Å². The van der Waals surface area contributed by atoms with E-state index >= 15 is 0 Å². The third kappa shape index (κ3) is 4.21. The van der Waals surface area contributed by atoms with Crippen LogP contribution in [0.4, 0.5) is 0 Å². The largest absolute Gasteiger partial charge is 0.455 e. The molecule has 46 heavy (non-hydrogen) atoms. The van der Waals surface area contributed by atoms with E-state index in [0.29, 0.717) is 0 Å². The summed E-state index contributed by atoms with van der Waals surface area (Å²) in [6.45, 7) is 0. The molecule has 2 aromatic heterocycles. The number of para-hydroxylation sites is 2. The number of aromatic nitrogens is 1. The summed E-state index contributed by atoms with van der Waals surface area (Å²) in [5.41, 5.74) is 12.5. The summed E-state index contributed by atoms with van der Waals surface area (Å²) in [5, 5.41) is 2.42. The maximum Gasteiger partial charge on any atom is 0.142 e. The molecule has 1 aliphatic rings. The van der Waals surface area contributed by atoms with E-state index < -0.39 is 0 Å². The Kier molecular flexibility index (Phi) is 6.21. The highest BCUT2D eigenvalue weighted by Crippen LogP contribution is 2.47. The lowest BCUT2D eigenvalue weighted by Crippen LogP contribution is -1.98. The SMILES string of the molecule is c1cccc(-c2c(-c3oc(-c4cccc(-c5ccccc5)c4)c4c3CCC=C4)ccc3c4ccccc4n(-c4ccccc4)c23)c#1. The molecule has 0 N–H and O–H groups in total. The van der Waals surface area contributed by atoms with Crippen LogP contribution in [0, 0.1) is 12.1 Å². The lowest BCUT2D eigenvalue weighted by molar-refractivity contribution is 0.594. The van der Waals surface area contributed by atoms with Gasteiger partial charge in [-0.2, -0.15) is 0 Å². The first kappa shape index (κ1) is 26.4. The number of allylic oxidation sites excluding steroid dienone is 1. The van der Waals surface area contributed by atoms with Gasteiger partial charge in [-0.15, -0.1) is 0 Å². The molecule has 1 aliphatic carbocycles. The highest BCUT2D eigenvalue weighted by molar-refractivity contribution is 6.16. The zero-order valence-corrected chi connectivity index (χ0v) is 25.2. The van der Waals surface area contributed by atoms with Crippen molar-refractivity contribution in [2.24, 2.45) is 0 Å². The zero-order chi connectivity index (χ0) is 30.5. The van der Waals surface area contributed by atoms with Crippen LogP contribution in [-0.2, 0) is 6.42 Å². The second kappa shape index (κ2) is 10.8. The molecule has 0 spiro atoms. The molecule has 8 aromatic rings. The van der Waals surface area contributed by atoms with E-state index in [2.05, 4.69) is 156 Å². The average molecular weight is 588 g/mol. The van der Waals surface area contributed by atoms with E-state index in [-0.39, 0.29) is 0 Å². The molecular formula is C44H29NO. The Morgan fingerprint density at radius 2 is 1.41 bits per heavy atom. The Morgan fingerprint density at radius 3 is 2.26 bits per heavy atom. The quantitative estimate of drug-likeness (QED) is 0.196. The Hall–Kier alpha value is -6.04. The minimum Gasteiger partial charge on any atom is -0.455 e. The molecule has 2 heteroatoms. The zero-order valence-electron chi connectivity index (χ0n) is 25.2. The predicted molar refractivity (Wildman–Crippen MR) is 190 cm³/mol. The topological polar surface area (TPSA) is 18.1 Å². The van der Waals surface area contributed by atoms with Gasteiger partial charge in [0.15, 0.2) is 0 Å². The number of rotatable bonds is 5.